The molecule has 1 aromatic heterocycles. The van der Waals surface area contributed by atoms with E-state index in [2.05, 4.69) is 10.2 Å². The summed E-state index contributed by atoms with van der Waals surface area (Å²) in [5.74, 6) is -1.11. The van der Waals surface area contributed by atoms with Crippen molar-refractivity contribution in [2.24, 2.45) is 0 Å². The summed E-state index contributed by atoms with van der Waals surface area (Å²) in [6, 6.07) is 10.5. The summed E-state index contributed by atoms with van der Waals surface area (Å²) >= 11 is 0. The highest BCUT2D eigenvalue weighted by atomic mass is 32.2. The van der Waals surface area contributed by atoms with Crippen molar-refractivity contribution in [3.63, 3.8) is 0 Å². The number of likely N-dealkylation sites (N-methyl/N-ethyl adjacent to an activating group) is 1. The maximum atomic E-state index is 12.1. The van der Waals surface area contributed by atoms with Gasteiger partial charge in [0, 0.05) is 18.7 Å². The molecule has 8 nitrogen and oxygen atoms in total. The first-order valence-corrected chi connectivity index (χ1v) is 9.92. The molecule has 1 saturated heterocycles. The Labute approximate surface area is 151 Å². The predicted molar refractivity (Wildman–Crippen MR) is 94.1 cm³/mol. The third-order valence-corrected chi connectivity index (χ3v) is 6.09. The standard InChI is InChI=1S/C17H19N3O5S/c1-20(13-7-8-26(23,24)11-13)16(21)10-25-17(22)15-9-14(18-19-15)12-5-3-2-4-6-12/h2-6,9,13H,7-8,10-11H2,1H3,(H,18,19)/t13-/m0/s1. The lowest BCUT2D eigenvalue weighted by atomic mass is 10.1. The number of benzene rings is 1. The van der Waals surface area contributed by atoms with Crippen LogP contribution in [0.4, 0.5) is 0 Å². The number of esters is 1. The van der Waals surface area contributed by atoms with E-state index in [1.807, 2.05) is 30.3 Å². The molecule has 1 N–H and O–H groups in total. The fourth-order valence-corrected chi connectivity index (χ4v) is 4.55. The van der Waals surface area contributed by atoms with E-state index in [-0.39, 0.29) is 23.2 Å². The third-order valence-electron chi connectivity index (χ3n) is 4.34. The van der Waals surface area contributed by atoms with E-state index >= 15 is 0 Å². The van der Waals surface area contributed by atoms with Crippen LogP contribution in [0.2, 0.25) is 0 Å². The summed E-state index contributed by atoms with van der Waals surface area (Å²) in [5.41, 5.74) is 1.58. The van der Waals surface area contributed by atoms with Crippen LogP contribution in [0.25, 0.3) is 11.3 Å². The van der Waals surface area contributed by atoms with Crippen LogP contribution in [0.1, 0.15) is 16.9 Å². The highest BCUT2D eigenvalue weighted by Gasteiger charge is 2.33. The highest BCUT2D eigenvalue weighted by molar-refractivity contribution is 7.91. The van der Waals surface area contributed by atoms with Crippen molar-refractivity contribution >= 4 is 21.7 Å². The number of amides is 1. The van der Waals surface area contributed by atoms with Gasteiger partial charge in [-0.2, -0.15) is 5.10 Å². The van der Waals surface area contributed by atoms with E-state index in [0.29, 0.717) is 12.1 Å². The Morgan fingerprint density at radius 1 is 1.31 bits per heavy atom. The van der Waals surface area contributed by atoms with Crippen LogP contribution in [-0.4, -0.2) is 66.6 Å². The second-order valence-corrected chi connectivity index (χ2v) is 8.40. The fourth-order valence-electron chi connectivity index (χ4n) is 2.77. The zero-order valence-corrected chi connectivity index (χ0v) is 15.0. The molecule has 0 bridgehead atoms. The van der Waals surface area contributed by atoms with Gasteiger partial charge in [-0.15, -0.1) is 0 Å². The molecule has 2 aromatic rings. The molecule has 9 heteroatoms. The van der Waals surface area contributed by atoms with Gasteiger partial charge >= 0.3 is 5.97 Å². The first-order valence-electron chi connectivity index (χ1n) is 8.10. The van der Waals surface area contributed by atoms with Crippen LogP contribution in [0.5, 0.6) is 0 Å². The van der Waals surface area contributed by atoms with Crippen molar-refractivity contribution in [2.45, 2.75) is 12.5 Å². The molecule has 3 rings (SSSR count). The Morgan fingerprint density at radius 2 is 2.04 bits per heavy atom. The molecule has 1 fully saturated rings. The number of carbonyl (C=O) groups is 2. The van der Waals surface area contributed by atoms with Crippen LogP contribution in [0.15, 0.2) is 36.4 Å². The summed E-state index contributed by atoms with van der Waals surface area (Å²) in [5, 5.41) is 6.65. The summed E-state index contributed by atoms with van der Waals surface area (Å²) in [4.78, 5) is 25.5. The van der Waals surface area contributed by atoms with E-state index in [1.165, 1.54) is 11.9 Å². The molecule has 138 valence electrons. The number of nitrogens with one attached hydrogen (secondary N) is 1. The van der Waals surface area contributed by atoms with Gasteiger partial charge in [0.1, 0.15) is 5.69 Å². The fraction of sp³-hybridized carbons (Fsp3) is 0.353. The largest absolute Gasteiger partial charge is 0.451 e. The predicted octanol–water partition coefficient (Wildman–Crippen LogP) is 0.879. The lowest BCUT2D eigenvalue weighted by molar-refractivity contribution is -0.134. The van der Waals surface area contributed by atoms with Gasteiger partial charge in [-0.25, -0.2) is 13.2 Å². The molecular weight excluding hydrogens is 358 g/mol. The third kappa shape index (κ3) is 4.10. The second kappa shape index (κ2) is 7.28. The van der Waals surface area contributed by atoms with Crippen molar-refractivity contribution in [3.05, 3.63) is 42.1 Å². The highest BCUT2D eigenvalue weighted by Crippen LogP contribution is 2.18. The van der Waals surface area contributed by atoms with E-state index in [0.717, 1.165) is 5.56 Å². The molecular formula is C17H19N3O5S. The van der Waals surface area contributed by atoms with E-state index in [4.69, 9.17) is 4.74 Å². The van der Waals surface area contributed by atoms with Gasteiger partial charge in [-0.3, -0.25) is 9.89 Å². The maximum Gasteiger partial charge on any atom is 0.356 e. The van der Waals surface area contributed by atoms with Crippen LogP contribution in [-0.2, 0) is 19.4 Å². The average molecular weight is 377 g/mol. The molecule has 26 heavy (non-hydrogen) atoms. The minimum Gasteiger partial charge on any atom is -0.451 e. The van der Waals surface area contributed by atoms with Crippen molar-refractivity contribution in [2.75, 3.05) is 25.2 Å². The lowest BCUT2D eigenvalue weighted by Crippen LogP contribution is -2.40. The number of rotatable bonds is 5. The van der Waals surface area contributed by atoms with Crippen LogP contribution < -0.4 is 0 Å². The molecule has 1 aliphatic heterocycles. The number of ether oxygens (including phenoxy) is 1. The quantitative estimate of drug-likeness (QED) is 0.775. The number of hydrogen-bond donors (Lipinski definition) is 1. The molecule has 0 saturated carbocycles. The average Bonchev–Trinajstić information content (AvgIpc) is 3.26. The molecule has 1 aliphatic rings. The van der Waals surface area contributed by atoms with Gasteiger partial charge in [-0.05, 0) is 12.5 Å². The van der Waals surface area contributed by atoms with Gasteiger partial charge < -0.3 is 9.64 Å². The van der Waals surface area contributed by atoms with Gasteiger partial charge in [0.2, 0.25) is 0 Å². The van der Waals surface area contributed by atoms with Gasteiger partial charge in [0.05, 0.1) is 17.2 Å². The van der Waals surface area contributed by atoms with Crippen LogP contribution >= 0.6 is 0 Å². The molecule has 0 unspecified atom stereocenters. The van der Waals surface area contributed by atoms with E-state index < -0.39 is 28.3 Å². The molecule has 0 spiro atoms. The summed E-state index contributed by atoms with van der Waals surface area (Å²) in [7, 11) is -1.57. The summed E-state index contributed by atoms with van der Waals surface area (Å²) in [6.45, 7) is -0.453. The van der Waals surface area contributed by atoms with Crippen molar-refractivity contribution in [1.29, 1.82) is 0 Å². The van der Waals surface area contributed by atoms with Crippen LogP contribution in [0, 0.1) is 0 Å². The zero-order chi connectivity index (χ0) is 18.7. The van der Waals surface area contributed by atoms with E-state index in [1.54, 1.807) is 6.07 Å². The smallest absolute Gasteiger partial charge is 0.356 e. The Balaban J connectivity index is 1.56. The Hall–Kier alpha value is -2.68. The number of aromatic nitrogens is 2. The second-order valence-electron chi connectivity index (χ2n) is 6.17. The van der Waals surface area contributed by atoms with Crippen LogP contribution in [0.3, 0.4) is 0 Å². The van der Waals surface area contributed by atoms with Crippen molar-refractivity contribution < 1.29 is 22.7 Å². The number of aromatic amines is 1. The van der Waals surface area contributed by atoms with Gasteiger partial charge in [0.25, 0.3) is 5.91 Å². The summed E-state index contributed by atoms with van der Waals surface area (Å²) in [6.07, 6.45) is 0.402. The summed E-state index contributed by atoms with van der Waals surface area (Å²) < 4.78 is 28.0. The lowest BCUT2D eigenvalue weighted by Gasteiger charge is -2.23. The molecule has 0 radical (unpaired) electrons. The maximum absolute atomic E-state index is 12.1. The number of hydrogen-bond acceptors (Lipinski definition) is 6. The topological polar surface area (TPSA) is 109 Å². The Kier molecular flexibility index (Phi) is 5.08. The van der Waals surface area contributed by atoms with Crippen molar-refractivity contribution in [1.82, 2.24) is 15.1 Å². The van der Waals surface area contributed by atoms with Crippen molar-refractivity contribution in [3.8, 4) is 11.3 Å². The number of H-pyrrole nitrogens is 1. The SMILES string of the molecule is CN(C(=O)COC(=O)c1cc(-c2ccccc2)n[nH]1)[C@H]1CCS(=O)(=O)C1. The Bertz CT molecular complexity index is 907. The number of carbonyl (C=O) groups excluding carboxylic acids is 2. The molecule has 1 atom stereocenters. The first kappa shape index (κ1) is 18.1. The number of sulfone groups is 1. The zero-order valence-electron chi connectivity index (χ0n) is 14.2. The Morgan fingerprint density at radius 3 is 2.69 bits per heavy atom. The van der Waals surface area contributed by atoms with Gasteiger partial charge in [-0.1, -0.05) is 30.3 Å². The molecule has 1 amide bonds. The minimum atomic E-state index is -3.09. The van der Waals surface area contributed by atoms with Gasteiger partial charge in [0.15, 0.2) is 16.4 Å². The number of nitrogens with zero attached hydrogens (tertiary/aromatic N) is 2. The molecule has 0 aliphatic carbocycles. The van der Waals surface area contributed by atoms with E-state index in [9.17, 15) is 18.0 Å². The normalized spacial score (nSPS) is 18.4. The first-order chi connectivity index (χ1) is 12.4. The molecule has 1 aromatic carbocycles. The molecule has 2 heterocycles. The monoisotopic (exact) mass is 377 g/mol. The minimum absolute atomic E-state index is 0.0514.